The topological polar surface area (TPSA) is 38.7 Å². The van der Waals surface area contributed by atoms with Crippen LogP contribution in [0.25, 0.3) is 0 Å². The molecule has 1 aliphatic carbocycles. The quantitative estimate of drug-likeness (QED) is 0.300. The predicted octanol–water partition coefficient (Wildman–Crippen LogP) is 4.99. The summed E-state index contributed by atoms with van der Waals surface area (Å²) in [6.45, 7) is 11.0. The Kier molecular flexibility index (Phi) is 6.93. The van der Waals surface area contributed by atoms with Gasteiger partial charge in [0.1, 0.15) is 0 Å². The summed E-state index contributed by atoms with van der Waals surface area (Å²) in [4.78, 5) is 16.0. The fourth-order valence-corrected chi connectivity index (χ4v) is 6.01. The largest absolute Gasteiger partial charge is 0.331 e. The van der Waals surface area contributed by atoms with E-state index in [0.29, 0.717) is 5.92 Å². The summed E-state index contributed by atoms with van der Waals surface area (Å²) in [6.07, 6.45) is 8.54. The highest BCUT2D eigenvalue weighted by Gasteiger charge is 2.38. The van der Waals surface area contributed by atoms with Gasteiger partial charge in [-0.3, -0.25) is 0 Å². The lowest BCUT2D eigenvalue weighted by Crippen LogP contribution is -2.39. The van der Waals surface area contributed by atoms with Crippen molar-refractivity contribution in [2.45, 2.75) is 84.0 Å². The summed E-state index contributed by atoms with van der Waals surface area (Å²) in [5.41, 5.74) is 1.93. The number of carbonyl (C=O) groups is 1. The number of hydrogen-bond donors (Lipinski definition) is 0. The molecule has 0 aromatic carbocycles. The third-order valence-corrected chi connectivity index (χ3v) is 7.30. The van der Waals surface area contributed by atoms with Crippen LogP contribution in [-0.2, 0) is 9.63 Å². The minimum atomic E-state index is -1.20. The molecule has 20 heavy (non-hydrogen) atoms. The van der Waals surface area contributed by atoms with Crippen LogP contribution < -0.4 is 0 Å². The van der Waals surface area contributed by atoms with Gasteiger partial charge in [0.15, 0.2) is 0 Å². The highest BCUT2D eigenvalue weighted by molar-refractivity contribution is 6.77. The maximum Gasteiger partial charge on any atom is 0.331 e. The Morgan fingerprint density at radius 1 is 1.35 bits per heavy atom. The van der Waals surface area contributed by atoms with E-state index in [0.717, 1.165) is 17.7 Å². The normalized spacial score (nSPS) is 25.8. The second-order valence-electron chi connectivity index (χ2n) is 7.13. The summed E-state index contributed by atoms with van der Waals surface area (Å²) in [5, 5.41) is 4.20. The molecule has 0 aromatic rings. The fourth-order valence-electron chi connectivity index (χ4n) is 3.38. The molecule has 0 aromatic heterocycles. The second kappa shape index (κ2) is 7.96. The van der Waals surface area contributed by atoms with E-state index in [4.69, 9.17) is 4.84 Å². The Morgan fingerprint density at radius 2 is 2.05 bits per heavy atom. The van der Waals surface area contributed by atoms with Crippen LogP contribution in [0.3, 0.4) is 0 Å². The van der Waals surface area contributed by atoms with Crippen LogP contribution in [-0.4, -0.2) is 19.8 Å². The lowest BCUT2D eigenvalue weighted by atomic mass is 9.83. The van der Waals surface area contributed by atoms with E-state index >= 15 is 0 Å². The smallest absolute Gasteiger partial charge is 0.319 e. The van der Waals surface area contributed by atoms with Crippen LogP contribution in [0.2, 0.25) is 25.2 Å². The van der Waals surface area contributed by atoms with Crippen molar-refractivity contribution in [3.8, 4) is 0 Å². The molecule has 0 bridgehead atoms. The molecule has 0 radical (unpaired) electrons. The van der Waals surface area contributed by atoms with Gasteiger partial charge in [-0.2, -0.15) is 0 Å². The van der Waals surface area contributed by atoms with Gasteiger partial charge < -0.3 is 4.84 Å². The zero-order chi connectivity index (χ0) is 15.2. The molecule has 0 amide bonds. The van der Waals surface area contributed by atoms with Gasteiger partial charge in [0.25, 0.3) is 0 Å². The van der Waals surface area contributed by atoms with Crippen LogP contribution in [0.1, 0.15) is 58.8 Å². The van der Waals surface area contributed by atoms with E-state index in [1.54, 1.807) is 0 Å². The van der Waals surface area contributed by atoms with Crippen molar-refractivity contribution in [2.24, 2.45) is 11.1 Å². The zero-order valence-electron chi connectivity index (χ0n) is 13.9. The number of nitrogens with zero attached hydrogens (tertiary/aromatic N) is 1. The van der Waals surface area contributed by atoms with E-state index in [-0.39, 0.29) is 5.97 Å². The van der Waals surface area contributed by atoms with Crippen LogP contribution in [0.15, 0.2) is 5.16 Å². The average molecular weight is 298 g/mol. The first-order chi connectivity index (χ1) is 9.36. The van der Waals surface area contributed by atoms with E-state index in [1.807, 2.05) is 0 Å². The maximum atomic E-state index is 11.0. The number of unbranched alkanes of at least 4 members (excludes halogenated alkanes) is 2. The SMILES string of the molecule is CCCCC[C@@H]1/C(=N/OC(C)=O)CCC[C@@H]1[Si](C)(C)C. The molecule has 1 rings (SSSR count). The Labute approximate surface area is 125 Å². The lowest BCUT2D eigenvalue weighted by molar-refractivity contribution is -0.141. The predicted molar refractivity (Wildman–Crippen MR) is 87.8 cm³/mol. The van der Waals surface area contributed by atoms with Gasteiger partial charge in [0.05, 0.1) is 5.71 Å². The minimum absolute atomic E-state index is 0.306. The van der Waals surface area contributed by atoms with Crippen molar-refractivity contribution in [1.82, 2.24) is 0 Å². The third-order valence-electron chi connectivity index (χ3n) is 4.38. The van der Waals surface area contributed by atoms with Crippen molar-refractivity contribution in [3.05, 3.63) is 0 Å². The van der Waals surface area contributed by atoms with Gasteiger partial charge in [-0.1, -0.05) is 57.4 Å². The van der Waals surface area contributed by atoms with Crippen molar-refractivity contribution in [1.29, 1.82) is 0 Å². The van der Waals surface area contributed by atoms with Crippen LogP contribution >= 0.6 is 0 Å². The highest BCUT2D eigenvalue weighted by atomic mass is 28.3. The molecule has 1 aliphatic rings. The van der Waals surface area contributed by atoms with Gasteiger partial charge >= 0.3 is 5.97 Å². The average Bonchev–Trinajstić information content (AvgIpc) is 2.36. The van der Waals surface area contributed by atoms with Gasteiger partial charge in [0.2, 0.25) is 0 Å². The molecular weight excluding hydrogens is 266 g/mol. The molecule has 0 N–H and O–H groups in total. The van der Waals surface area contributed by atoms with E-state index < -0.39 is 8.07 Å². The van der Waals surface area contributed by atoms with E-state index in [2.05, 4.69) is 31.7 Å². The molecule has 1 fully saturated rings. The Bertz CT molecular complexity index is 347. The molecule has 2 atom stereocenters. The monoisotopic (exact) mass is 297 g/mol. The van der Waals surface area contributed by atoms with Crippen LogP contribution in [0.5, 0.6) is 0 Å². The molecule has 0 unspecified atom stereocenters. The Balaban J connectivity index is 2.84. The zero-order valence-corrected chi connectivity index (χ0v) is 14.9. The molecule has 116 valence electrons. The number of carbonyl (C=O) groups excluding carboxylic acids is 1. The summed E-state index contributed by atoms with van der Waals surface area (Å²) in [7, 11) is -1.20. The minimum Gasteiger partial charge on any atom is -0.319 e. The summed E-state index contributed by atoms with van der Waals surface area (Å²) in [5.74, 6) is 0.237. The molecule has 3 nitrogen and oxygen atoms in total. The number of hydrogen-bond acceptors (Lipinski definition) is 3. The Hall–Kier alpha value is -0.643. The van der Waals surface area contributed by atoms with Gasteiger partial charge in [-0.15, -0.1) is 0 Å². The van der Waals surface area contributed by atoms with Gasteiger partial charge in [-0.25, -0.2) is 4.79 Å². The molecular formula is C16H31NO2Si. The van der Waals surface area contributed by atoms with Crippen molar-refractivity contribution >= 4 is 19.8 Å². The molecule has 1 saturated carbocycles. The molecule has 0 spiro atoms. The number of rotatable bonds is 6. The number of oxime groups is 1. The standard InChI is InChI=1S/C16H31NO2Si/c1-6-7-8-10-14-15(17-19-13(2)18)11-9-12-16(14)20(3,4)5/h14,16H,6-12H2,1-5H3/b17-15+/t14-,16+/m1/s1. The van der Waals surface area contributed by atoms with Gasteiger partial charge in [0, 0.05) is 20.9 Å². The van der Waals surface area contributed by atoms with Crippen molar-refractivity contribution < 1.29 is 9.63 Å². The van der Waals surface area contributed by atoms with Crippen molar-refractivity contribution in [3.63, 3.8) is 0 Å². The third kappa shape index (κ3) is 5.39. The lowest BCUT2D eigenvalue weighted by Gasteiger charge is -2.40. The molecule has 4 heteroatoms. The summed E-state index contributed by atoms with van der Waals surface area (Å²) < 4.78 is 0. The first kappa shape index (κ1) is 17.4. The first-order valence-electron chi connectivity index (χ1n) is 8.10. The summed E-state index contributed by atoms with van der Waals surface area (Å²) in [6, 6.07) is 0. The van der Waals surface area contributed by atoms with Crippen LogP contribution in [0, 0.1) is 5.92 Å². The molecule has 0 aliphatic heterocycles. The second-order valence-corrected chi connectivity index (χ2v) is 12.6. The first-order valence-corrected chi connectivity index (χ1v) is 11.7. The van der Waals surface area contributed by atoms with Crippen LogP contribution in [0.4, 0.5) is 0 Å². The molecule has 0 heterocycles. The molecule has 0 saturated heterocycles. The highest BCUT2D eigenvalue weighted by Crippen LogP contribution is 2.42. The fraction of sp³-hybridized carbons (Fsp3) is 0.875. The van der Waals surface area contributed by atoms with Crippen molar-refractivity contribution in [2.75, 3.05) is 0 Å². The van der Waals surface area contributed by atoms with Gasteiger partial charge in [-0.05, 0) is 24.8 Å². The van der Waals surface area contributed by atoms with E-state index in [1.165, 1.54) is 45.4 Å². The van der Waals surface area contributed by atoms with E-state index in [9.17, 15) is 4.79 Å². The maximum absolute atomic E-state index is 11.0. The summed E-state index contributed by atoms with van der Waals surface area (Å²) >= 11 is 0. The Morgan fingerprint density at radius 3 is 2.60 bits per heavy atom.